The Bertz CT molecular complexity index is 1030. The lowest BCUT2D eigenvalue weighted by atomic mass is 10.1. The van der Waals surface area contributed by atoms with Crippen LogP contribution in [0, 0.1) is 13.8 Å². The van der Waals surface area contributed by atoms with E-state index in [1.807, 2.05) is 6.92 Å². The Kier molecular flexibility index (Phi) is 4.88. The number of amides is 1. The molecule has 2 N–H and O–H groups in total. The number of benzene rings is 1. The fraction of sp³-hybridized carbons (Fsp3) is 0.278. The van der Waals surface area contributed by atoms with Gasteiger partial charge >= 0.3 is 5.97 Å². The second-order valence-electron chi connectivity index (χ2n) is 6.33. The van der Waals surface area contributed by atoms with Crippen molar-refractivity contribution in [1.82, 2.24) is 4.98 Å². The molecule has 1 aromatic carbocycles. The number of nitrogens with one attached hydrogen (secondary N) is 1. The summed E-state index contributed by atoms with van der Waals surface area (Å²) in [5, 5.41) is 11.7. The van der Waals surface area contributed by atoms with Gasteiger partial charge in [0.1, 0.15) is 5.69 Å². The summed E-state index contributed by atoms with van der Waals surface area (Å²) in [5.41, 5.74) is 2.11. The number of nitrogens with zero attached hydrogens (tertiary/aromatic N) is 2. The highest BCUT2D eigenvalue weighted by Gasteiger charge is 2.29. The van der Waals surface area contributed by atoms with Crippen LogP contribution in [0.4, 0.5) is 11.4 Å². The van der Waals surface area contributed by atoms with E-state index in [1.54, 1.807) is 18.2 Å². The van der Waals surface area contributed by atoms with Gasteiger partial charge in [-0.25, -0.2) is 18.2 Å². The van der Waals surface area contributed by atoms with Crippen LogP contribution in [0.2, 0.25) is 0 Å². The molecule has 3 rings (SSSR count). The minimum atomic E-state index is -3.33. The van der Waals surface area contributed by atoms with Crippen molar-refractivity contribution >= 4 is 33.3 Å². The summed E-state index contributed by atoms with van der Waals surface area (Å²) in [6, 6.07) is 7.71. The molecule has 0 unspecified atom stereocenters. The number of carboxylic acid groups (broad SMARTS) is 1. The van der Waals surface area contributed by atoms with Gasteiger partial charge in [0.05, 0.1) is 22.7 Å². The summed E-state index contributed by atoms with van der Waals surface area (Å²) in [6.45, 7) is 3.74. The summed E-state index contributed by atoms with van der Waals surface area (Å²) in [4.78, 5) is 27.5. The third-order valence-corrected chi connectivity index (χ3v) is 6.24. The zero-order valence-electron chi connectivity index (χ0n) is 14.9. The lowest BCUT2D eigenvalue weighted by molar-refractivity contribution is 0.0695. The van der Waals surface area contributed by atoms with Crippen molar-refractivity contribution in [2.45, 2.75) is 20.3 Å². The van der Waals surface area contributed by atoms with E-state index in [9.17, 15) is 18.0 Å². The molecule has 1 amide bonds. The number of aryl methyl sites for hydroxylation is 2. The van der Waals surface area contributed by atoms with E-state index in [0.717, 1.165) is 5.56 Å². The van der Waals surface area contributed by atoms with Crippen LogP contribution < -0.4 is 9.62 Å². The average molecular weight is 389 g/mol. The molecule has 2 aromatic rings. The number of carbonyl (C=O) groups is 2. The summed E-state index contributed by atoms with van der Waals surface area (Å²) in [5.74, 6) is -1.50. The first-order chi connectivity index (χ1) is 12.7. The molecule has 0 atom stereocenters. The summed E-state index contributed by atoms with van der Waals surface area (Å²) in [7, 11) is -3.33. The molecule has 142 valence electrons. The number of aromatic carboxylic acids is 1. The summed E-state index contributed by atoms with van der Waals surface area (Å²) in [6.07, 6.45) is 0.567. The maximum atomic E-state index is 12.4. The standard InChI is InChI=1S/C18H19N3O5S/c1-11-4-5-13(10-16(11)21-8-3-9-27(21,25)26)20-17(22)15-7-6-14(18(23)24)12(2)19-15/h4-7,10H,3,8-9H2,1-2H3,(H,20,22)(H,23,24). The predicted molar refractivity (Wildman–Crippen MR) is 101 cm³/mol. The molecular weight excluding hydrogens is 370 g/mol. The van der Waals surface area contributed by atoms with Gasteiger partial charge in [-0.15, -0.1) is 0 Å². The van der Waals surface area contributed by atoms with E-state index in [-0.39, 0.29) is 22.7 Å². The van der Waals surface area contributed by atoms with E-state index in [1.165, 1.54) is 23.4 Å². The van der Waals surface area contributed by atoms with Crippen molar-refractivity contribution in [2.75, 3.05) is 21.9 Å². The highest BCUT2D eigenvalue weighted by atomic mass is 32.2. The number of carboxylic acids is 1. The summed E-state index contributed by atoms with van der Waals surface area (Å²) < 4.78 is 25.7. The minimum Gasteiger partial charge on any atom is -0.478 e. The second-order valence-corrected chi connectivity index (χ2v) is 8.34. The number of hydrogen-bond donors (Lipinski definition) is 2. The molecule has 1 saturated heterocycles. The van der Waals surface area contributed by atoms with Gasteiger partial charge in [-0.1, -0.05) is 6.07 Å². The van der Waals surface area contributed by atoms with Crippen molar-refractivity contribution in [3.8, 4) is 0 Å². The van der Waals surface area contributed by atoms with Gasteiger partial charge in [0.25, 0.3) is 5.91 Å². The smallest absolute Gasteiger partial charge is 0.337 e. The van der Waals surface area contributed by atoms with E-state index in [4.69, 9.17) is 5.11 Å². The predicted octanol–water partition coefficient (Wildman–Crippen LogP) is 2.19. The maximum absolute atomic E-state index is 12.4. The lowest BCUT2D eigenvalue weighted by Gasteiger charge is -2.20. The summed E-state index contributed by atoms with van der Waals surface area (Å²) >= 11 is 0. The number of aromatic nitrogens is 1. The van der Waals surface area contributed by atoms with Gasteiger partial charge in [-0.2, -0.15) is 0 Å². The highest BCUT2D eigenvalue weighted by molar-refractivity contribution is 7.93. The minimum absolute atomic E-state index is 0.0309. The molecule has 0 saturated carbocycles. The fourth-order valence-electron chi connectivity index (χ4n) is 2.97. The molecule has 27 heavy (non-hydrogen) atoms. The SMILES string of the molecule is Cc1ccc(NC(=O)c2ccc(C(=O)O)c(C)n2)cc1N1CCCS1(=O)=O. The molecule has 1 aromatic heterocycles. The van der Waals surface area contributed by atoms with Crippen molar-refractivity contribution in [3.63, 3.8) is 0 Å². The van der Waals surface area contributed by atoms with Gasteiger partial charge in [0.2, 0.25) is 10.0 Å². The molecule has 1 aliphatic heterocycles. The van der Waals surface area contributed by atoms with Gasteiger partial charge in [0.15, 0.2) is 0 Å². The first-order valence-corrected chi connectivity index (χ1v) is 9.93. The van der Waals surface area contributed by atoms with Gasteiger partial charge in [-0.05, 0) is 50.1 Å². The number of pyridine rings is 1. The monoisotopic (exact) mass is 389 g/mol. The molecule has 1 fully saturated rings. The number of carbonyl (C=O) groups excluding carboxylic acids is 1. The molecule has 2 heterocycles. The van der Waals surface area contributed by atoms with Crippen LogP contribution in [0.25, 0.3) is 0 Å². The first-order valence-electron chi connectivity index (χ1n) is 8.32. The van der Waals surface area contributed by atoms with Crippen LogP contribution in [0.15, 0.2) is 30.3 Å². The largest absolute Gasteiger partial charge is 0.478 e. The normalized spacial score (nSPS) is 15.6. The van der Waals surface area contributed by atoms with Crippen molar-refractivity contribution in [3.05, 3.63) is 52.8 Å². The van der Waals surface area contributed by atoms with Crippen LogP contribution in [0.1, 0.15) is 38.5 Å². The number of anilines is 2. The fourth-order valence-corrected chi connectivity index (χ4v) is 4.59. The van der Waals surface area contributed by atoms with Gasteiger partial charge in [-0.3, -0.25) is 9.10 Å². The zero-order chi connectivity index (χ0) is 19.8. The van der Waals surface area contributed by atoms with E-state index in [0.29, 0.717) is 24.3 Å². The van der Waals surface area contributed by atoms with Crippen LogP contribution in [-0.4, -0.2) is 42.7 Å². The molecule has 1 aliphatic rings. The molecular formula is C18H19N3O5S. The van der Waals surface area contributed by atoms with Crippen LogP contribution in [0.3, 0.4) is 0 Å². The quantitative estimate of drug-likeness (QED) is 0.828. The molecule has 0 spiro atoms. The van der Waals surface area contributed by atoms with Crippen LogP contribution >= 0.6 is 0 Å². The first kappa shape index (κ1) is 18.8. The molecule has 0 radical (unpaired) electrons. The number of sulfonamides is 1. The maximum Gasteiger partial charge on any atom is 0.337 e. The van der Waals surface area contributed by atoms with Gasteiger partial charge in [0, 0.05) is 12.2 Å². The van der Waals surface area contributed by atoms with Crippen molar-refractivity contribution < 1.29 is 23.1 Å². The van der Waals surface area contributed by atoms with E-state index in [2.05, 4.69) is 10.3 Å². The Morgan fingerprint density at radius 2 is 1.93 bits per heavy atom. The van der Waals surface area contributed by atoms with Gasteiger partial charge < -0.3 is 10.4 Å². The second kappa shape index (κ2) is 6.99. The van der Waals surface area contributed by atoms with E-state index < -0.39 is 21.9 Å². The Morgan fingerprint density at radius 3 is 2.52 bits per heavy atom. The topological polar surface area (TPSA) is 117 Å². The molecule has 8 nitrogen and oxygen atoms in total. The lowest BCUT2D eigenvalue weighted by Crippen LogP contribution is -2.26. The van der Waals surface area contributed by atoms with Crippen molar-refractivity contribution in [2.24, 2.45) is 0 Å². The van der Waals surface area contributed by atoms with E-state index >= 15 is 0 Å². The Hall–Kier alpha value is -2.94. The Labute approximate surface area is 156 Å². The average Bonchev–Trinajstić information content (AvgIpc) is 2.95. The Morgan fingerprint density at radius 1 is 1.19 bits per heavy atom. The third kappa shape index (κ3) is 3.77. The number of hydrogen-bond acceptors (Lipinski definition) is 5. The molecule has 0 bridgehead atoms. The van der Waals surface area contributed by atoms with Crippen molar-refractivity contribution in [1.29, 1.82) is 0 Å². The molecule has 9 heteroatoms. The highest BCUT2D eigenvalue weighted by Crippen LogP contribution is 2.30. The zero-order valence-corrected chi connectivity index (χ0v) is 15.7. The number of rotatable bonds is 4. The van der Waals surface area contributed by atoms with Crippen LogP contribution in [0.5, 0.6) is 0 Å². The van der Waals surface area contributed by atoms with Crippen LogP contribution in [-0.2, 0) is 10.0 Å². The Balaban J connectivity index is 1.86. The third-order valence-electron chi connectivity index (χ3n) is 4.38. The molecule has 0 aliphatic carbocycles.